The Morgan fingerprint density at radius 3 is 2.22 bits per heavy atom. The summed E-state index contributed by atoms with van der Waals surface area (Å²) in [6, 6.07) is 20.4. The first-order chi connectivity index (χ1) is 21.8. The number of fused-ring (bicyclic) bond motifs is 2. The third-order valence-electron chi connectivity index (χ3n) is 7.61. The van der Waals surface area contributed by atoms with E-state index < -0.39 is 42.6 Å². The molecule has 3 N–H and O–H groups in total. The van der Waals surface area contributed by atoms with Gasteiger partial charge >= 0.3 is 6.18 Å². The second-order valence-electron chi connectivity index (χ2n) is 11.0. The standard InChI is InChI=1S/C34H31F3N4O5/c1-20(38)31(43)39-27-18-41(32(44)24-13-11-22(12-14-24)21(2)42)29-10-6-5-9-28(29)40(33(27)45)17-26-25-8-4-3-7-23(25)15-16-30(26)46-19-34(35,36)37/h3-16,20,27H,17-19,38H2,1-2H3,(H,39,43). The second-order valence-corrected chi connectivity index (χ2v) is 11.0. The number of halogens is 3. The van der Waals surface area contributed by atoms with Crippen LogP contribution in [0.2, 0.25) is 0 Å². The SMILES string of the molecule is CC(=O)c1ccc(C(=O)N2CC(NC(=O)C(C)N)C(=O)N(Cc3c(OCC(F)(F)F)ccc4ccccc34)c3ccccc32)cc1. The zero-order valence-electron chi connectivity index (χ0n) is 25.0. The van der Waals surface area contributed by atoms with E-state index >= 15 is 0 Å². The number of para-hydroxylation sites is 2. The molecule has 0 aliphatic carbocycles. The lowest BCUT2D eigenvalue weighted by Gasteiger charge is -2.27. The van der Waals surface area contributed by atoms with Crippen molar-refractivity contribution in [3.05, 3.63) is 102 Å². The molecule has 4 aromatic carbocycles. The van der Waals surface area contributed by atoms with Crippen LogP contribution in [-0.2, 0) is 16.1 Å². The van der Waals surface area contributed by atoms with Gasteiger partial charge in [0.05, 0.1) is 30.5 Å². The van der Waals surface area contributed by atoms with E-state index in [0.717, 1.165) is 0 Å². The zero-order valence-corrected chi connectivity index (χ0v) is 25.0. The molecule has 0 spiro atoms. The van der Waals surface area contributed by atoms with Crippen molar-refractivity contribution in [2.24, 2.45) is 5.73 Å². The van der Waals surface area contributed by atoms with Gasteiger partial charge in [0, 0.05) is 16.7 Å². The van der Waals surface area contributed by atoms with Crippen molar-refractivity contribution in [2.45, 2.75) is 38.7 Å². The van der Waals surface area contributed by atoms with Gasteiger partial charge in [0.25, 0.3) is 11.8 Å². The van der Waals surface area contributed by atoms with Crippen LogP contribution < -0.4 is 25.6 Å². The van der Waals surface area contributed by atoms with Crippen molar-refractivity contribution in [2.75, 3.05) is 23.0 Å². The summed E-state index contributed by atoms with van der Waals surface area (Å²) in [5.41, 5.74) is 7.36. The highest BCUT2D eigenvalue weighted by Gasteiger charge is 2.38. The molecule has 1 aliphatic heterocycles. The average molecular weight is 633 g/mol. The van der Waals surface area contributed by atoms with Gasteiger partial charge in [-0.1, -0.05) is 54.6 Å². The number of nitrogens with zero attached hydrogens (tertiary/aromatic N) is 2. The number of carbonyl (C=O) groups is 4. The number of hydrogen-bond donors (Lipinski definition) is 2. The molecular formula is C34H31F3N4O5. The van der Waals surface area contributed by atoms with Crippen molar-refractivity contribution in [3.8, 4) is 5.75 Å². The smallest absolute Gasteiger partial charge is 0.422 e. The molecule has 0 aromatic heterocycles. The number of Topliss-reactive ketones (excluding diaryl/α,β-unsaturated/α-hetero) is 1. The first kappa shape index (κ1) is 32.2. The largest absolute Gasteiger partial charge is 0.484 e. The van der Waals surface area contributed by atoms with Crippen LogP contribution in [0.4, 0.5) is 24.5 Å². The fourth-order valence-corrected chi connectivity index (χ4v) is 5.29. The van der Waals surface area contributed by atoms with E-state index in [1.807, 2.05) is 0 Å². The summed E-state index contributed by atoms with van der Waals surface area (Å²) in [7, 11) is 0. The third kappa shape index (κ3) is 6.86. The van der Waals surface area contributed by atoms with Gasteiger partial charge in [-0.05, 0) is 55.0 Å². The topological polar surface area (TPSA) is 122 Å². The Bertz CT molecular complexity index is 1810. The molecule has 9 nitrogen and oxygen atoms in total. The molecule has 3 amide bonds. The number of amides is 3. The molecule has 1 heterocycles. The van der Waals surface area contributed by atoms with E-state index in [4.69, 9.17) is 10.5 Å². The average Bonchev–Trinajstić information content (AvgIpc) is 3.14. The van der Waals surface area contributed by atoms with Crippen LogP contribution in [0.1, 0.15) is 40.1 Å². The number of hydrogen-bond acceptors (Lipinski definition) is 6. The van der Waals surface area contributed by atoms with Crippen molar-refractivity contribution < 1.29 is 37.1 Å². The van der Waals surface area contributed by atoms with E-state index in [1.54, 1.807) is 54.6 Å². The summed E-state index contributed by atoms with van der Waals surface area (Å²) in [5.74, 6) is -2.00. The molecule has 0 radical (unpaired) electrons. The number of ether oxygens (including phenoxy) is 1. The van der Waals surface area contributed by atoms with Crippen LogP contribution in [0, 0.1) is 0 Å². The number of rotatable bonds is 8. The fourth-order valence-electron chi connectivity index (χ4n) is 5.29. The molecule has 0 saturated carbocycles. The normalized spacial score (nSPS) is 15.6. The van der Waals surface area contributed by atoms with Gasteiger partial charge in [0.1, 0.15) is 11.8 Å². The van der Waals surface area contributed by atoms with Gasteiger partial charge in [-0.15, -0.1) is 0 Å². The maximum absolute atomic E-state index is 14.3. The van der Waals surface area contributed by atoms with Crippen molar-refractivity contribution in [1.29, 1.82) is 0 Å². The number of alkyl halides is 3. The van der Waals surface area contributed by atoms with Gasteiger partial charge in [-0.2, -0.15) is 13.2 Å². The second kappa shape index (κ2) is 13.0. The Labute approximate surface area is 262 Å². The van der Waals surface area contributed by atoms with Crippen molar-refractivity contribution >= 4 is 45.7 Å². The van der Waals surface area contributed by atoms with E-state index in [-0.39, 0.29) is 35.9 Å². The van der Waals surface area contributed by atoms with E-state index in [9.17, 15) is 32.3 Å². The number of nitrogens with one attached hydrogen (secondary N) is 1. The Balaban J connectivity index is 1.64. The highest BCUT2D eigenvalue weighted by Crippen LogP contribution is 2.38. The van der Waals surface area contributed by atoms with Crippen LogP contribution in [0.15, 0.2) is 84.9 Å². The monoisotopic (exact) mass is 632 g/mol. The van der Waals surface area contributed by atoms with Crippen molar-refractivity contribution in [3.63, 3.8) is 0 Å². The van der Waals surface area contributed by atoms with E-state index in [0.29, 0.717) is 27.6 Å². The van der Waals surface area contributed by atoms with E-state index in [2.05, 4.69) is 5.32 Å². The van der Waals surface area contributed by atoms with Crippen LogP contribution in [0.5, 0.6) is 5.75 Å². The number of anilines is 2. The summed E-state index contributed by atoms with van der Waals surface area (Å²) in [6.45, 7) is 0.794. The molecular weight excluding hydrogens is 601 g/mol. The Hall–Kier alpha value is -5.23. The molecule has 0 bridgehead atoms. The molecule has 0 fully saturated rings. The molecule has 5 rings (SSSR count). The Morgan fingerprint density at radius 1 is 0.935 bits per heavy atom. The predicted molar refractivity (Wildman–Crippen MR) is 167 cm³/mol. The number of nitrogens with two attached hydrogens (primary N) is 1. The molecule has 0 saturated heterocycles. The fraction of sp³-hybridized carbons (Fsp3) is 0.235. The summed E-state index contributed by atoms with van der Waals surface area (Å²) < 4.78 is 44.9. The molecule has 46 heavy (non-hydrogen) atoms. The molecule has 4 aromatic rings. The van der Waals surface area contributed by atoms with Gasteiger partial charge in [0.15, 0.2) is 12.4 Å². The summed E-state index contributed by atoms with van der Waals surface area (Å²) >= 11 is 0. The highest BCUT2D eigenvalue weighted by atomic mass is 19.4. The van der Waals surface area contributed by atoms with Gasteiger partial charge in [0.2, 0.25) is 5.91 Å². The summed E-state index contributed by atoms with van der Waals surface area (Å²) in [5, 5.41) is 3.91. The van der Waals surface area contributed by atoms with Crippen LogP contribution >= 0.6 is 0 Å². The Morgan fingerprint density at radius 2 is 1.57 bits per heavy atom. The zero-order chi connectivity index (χ0) is 33.2. The minimum atomic E-state index is -4.61. The van der Waals surface area contributed by atoms with Gasteiger partial charge < -0.3 is 25.6 Å². The first-order valence-electron chi connectivity index (χ1n) is 14.4. The molecule has 2 atom stereocenters. The highest BCUT2D eigenvalue weighted by molar-refractivity contribution is 6.13. The van der Waals surface area contributed by atoms with Gasteiger partial charge in [-0.25, -0.2) is 0 Å². The minimum absolute atomic E-state index is 0.0692. The van der Waals surface area contributed by atoms with Crippen molar-refractivity contribution in [1.82, 2.24) is 5.32 Å². The number of benzene rings is 4. The number of carbonyl (C=O) groups excluding carboxylic acids is 4. The quantitative estimate of drug-likeness (QED) is 0.264. The Kier molecular flexibility index (Phi) is 9.10. The van der Waals surface area contributed by atoms with Crippen LogP contribution in [0.25, 0.3) is 10.8 Å². The molecule has 238 valence electrons. The lowest BCUT2D eigenvalue weighted by Crippen LogP contribution is -2.55. The molecule has 2 unspecified atom stereocenters. The molecule has 1 aliphatic rings. The molecule has 12 heteroatoms. The van der Waals surface area contributed by atoms with E-state index in [1.165, 1.54) is 54.0 Å². The number of ketones is 1. The lowest BCUT2D eigenvalue weighted by molar-refractivity contribution is -0.153. The van der Waals surface area contributed by atoms with Crippen LogP contribution in [0.3, 0.4) is 0 Å². The first-order valence-corrected chi connectivity index (χ1v) is 14.4. The van der Waals surface area contributed by atoms with Gasteiger partial charge in [-0.3, -0.25) is 19.2 Å². The summed E-state index contributed by atoms with van der Waals surface area (Å²) in [6.07, 6.45) is -4.61. The van der Waals surface area contributed by atoms with Crippen LogP contribution in [-0.4, -0.2) is 54.9 Å². The predicted octanol–water partition coefficient (Wildman–Crippen LogP) is 5.01. The lowest BCUT2D eigenvalue weighted by atomic mass is 10.0. The minimum Gasteiger partial charge on any atom is -0.484 e. The third-order valence-corrected chi connectivity index (χ3v) is 7.61. The maximum atomic E-state index is 14.3. The maximum Gasteiger partial charge on any atom is 0.422 e. The summed E-state index contributed by atoms with van der Waals surface area (Å²) in [4.78, 5) is 55.6.